The molecule has 1 atom stereocenters. The molecule has 0 spiro atoms. The van der Waals surface area contributed by atoms with E-state index in [1.54, 1.807) is 0 Å². The summed E-state index contributed by atoms with van der Waals surface area (Å²) in [5.74, 6) is 0.957. The van der Waals surface area contributed by atoms with Crippen LogP contribution in [0.3, 0.4) is 0 Å². The van der Waals surface area contributed by atoms with E-state index in [4.69, 9.17) is 4.74 Å². The fourth-order valence-corrected chi connectivity index (χ4v) is 3.55. The molecule has 3 nitrogen and oxygen atoms in total. The molecule has 3 aliphatic heterocycles. The highest BCUT2D eigenvalue weighted by atomic mass is 16.5. The van der Waals surface area contributed by atoms with E-state index in [1.807, 2.05) is 7.11 Å². The lowest BCUT2D eigenvalue weighted by Crippen LogP contribution is -2.56. The molecule has 1 unspecified atom stereocenters. The SMILES string of the molecule is COCCC1(CNC2CN3CCC2CC3)CC1. The van der Waals surface area contributed by atoms with Crippen LogP contribution in [0, 0.1) is 11.3 Å². The molecule has 4 fully saturated rings. The minimum atomic E-state index is 0.599. The molecule has 1 saturated carbocycles. The number of rotatable bonds is 6. The van der Waals surface area contributed by atoms with E-state index in [0.29, 0.717) is 5.41 Å². The smallest absolute Gasteiger partial charge is 0.0468 e. The third-order valence-corrected chi connectivity index (χ3v) is 5.19. The molecular formula is C14H26N2O. The predicted molar refractivity (Wildman–Crippen MR) is 69.1 cm³/mol. The third-order valence-electron chi connectivity index (χ3n) is 5.19. The number of nitrogens with zero attached hydrogens (tertiary/aromatic N) is 1. The Hall–Kier alpha value is -0.120. The maximum atomic E-state index is 5.22. The van der Waals surface area contributed by atoms with Crippen molar-refractivity contribution < 1.29 is 4.74 Å². The van der Waals surface area contributed by atoms with Crippen molar-refractivity contribution in [1.29, 1.82) is 0 Å². The number of hydrogen-bond acceptors (Lipinski definition) is 3. The molecule has 1 N–H and O–H groups in total. The molecule has 3 heteroatoms. The van der Waals surface area contributed by atoms with Crippen molar-refractivity contribution in [3.63, 3.8) is 0 Å². The average molecular weight is 238 g/mol. The Morgan fingerprint density at radius 3 is 2.59 bits per heavy atom. The normalized spacial score (nSPS) is 38.3. The quantitative estimate of drug-likeness (QED) is 0.759. The van der Waals surface area contributed by atoms with E-state index >= 15 is 0 Å². The third kappa shape index (κ3) is 2.67. The van der Waals surface area contributed by atoms with Gasteiger partial charge in [0.1, 0.15) is 0 Å². The summed E-state index contributed by atoms with van der Waals surface area (Å²) < 4.78 is 5.22. The molecule has 0 aromatic heterocycles. The van der Waals surface area contributed by atoms with Gasteiger partial charge in [0.15, 0.2) is 0 Å². The van der Waals surface area contributed by atoms with Crippen LogP contribution in [0.25, 0.3) is 0 Å². The van der Waals surface area contributed by atoms with E-state index in [1.165, 1.54) is 58.3 Å². The molecule has 0 amide bonds. The molecule has 4 aliphatic rings. The van der Waals surface area contributed by atoms with Crippen molar-refractivity contribution in [2.45, 2.75) is 38.1 Å². The van der Waals surface area contributed by atoms with Gasteiger partial charge >= 0.3 is 0 Å². The zero-order valence-corrected chi connectivity index (χ0v) is 11.1. The number of hydrogen-bond donors (Lipinski definition) is 1. The van der Waals surface area contributed by atoms with E-state index in [-0.39, 0.29) is 0 Å². The molecule has 3 saturated heterocycles. The molecule has 2 bridgehead atoms. The largest absolute Gasteiger partial charge is 0.385 e. The molecule has 4 rings (SSSR count). The summed E-state index contributed by atoms with van der Waals surface area (Å²) in [7, 11) is 1.82. The molecule has 0 aromatic carbocycles. The first-order chi connectivity index (χ1) is 8.31. The second-order valence-corrected chi connectivity index (χ2v) is 6.37. The standard InChI is InChI=1S/C14H26N2O/c1-17-9-6-14(4-5-14)11-15-13-10-16-7-2-12(13)3-8-16/h12-13,15H,2-11H2,1H3. The van der Waals surface area contributed by atoms with Crippen molar-refractivity contribution in [3.8, 4) is 0 Å². The fraction of sp³-hybridized carbons (Fsp3) is 1.00. The summed E-state index contributed by atoms with van der Waals surface area (Å²) in [6, 6.07) is 0.775. The van der Waals surface area contributed by atoms with Gasteiger partial charge in [-0.15, -0.1) is 0 Å². The van der Waals surface area contributed by atoms with Crippen molar-refractivity contribution in [1.82, 2.24) is 10.2 Å². The Labute approximate surface area is 105 Å². The Morgan fingerprint density at radius 2 is 2.06 bits per heavy atom. The summed E-state index contributed by atoms with van der Waals surface area (Å²) in [4.78, 5) is 2.63. The summed E-state index contributed by atoms with van der Waals surface area (Å²) in [5.41, 5.74) is 0.599. The van der Waals surface area contributed by atoms with Crippen LogP contribution in [-0.2, 0) is 4.74 Å². The Morgan fingerprint density at radius 1 is 1.29 bits per heavy atom. The summed E-state index contributed by atoms with van der Waals surface area (Å²) in [5, 5.41) is 3.87. The van der Waals surface area contributed by atoms with Crippen LogP contribution in [0.4, 0.5) is 0 Å². The summed E-state index contributed by atoms with van der Waals surface area (Å²) in [6.07, 6.45) is 6.90. The van der Waals surface area contributed by atoms with Crippen LogP contribution in [-0.4, -0.2) is 50.8 Å². The van der Waals surface area contributed by atoms with Gasteiger partial charge in [-0.2, -0.15) is 0 Å². The van der Waals surface area contributed by atoms with Crippen molar-refractivity contribution in [2.24, 2.45) is 11.3 Å². The Bertz CT molecular complexity index is 257. The topological polar surface area (TPSA) is 24.5 Å². The first-order valence-corrected chi connectivity index (χ1v) is 7.26. The second kappa shape index (κ2) is 4.87. The van der Waals surface area contributed by atoms with Gasteiger partial charge in [-0.1, -0.05) is 0 Å². The minimum Gasteiger partial charge on any atom is -0.385 e. The van der Waals surface area contributed by atoms with Gasteiger partial charge in [-0.25, -0.2) is 0 Å². The first kappa shape index (κ1) is 11.9. The van der Waals surface area contributed by atoms with Gasteiger partial charge < -0.3 is 15.0 Å². The highest BCUT2D eigenvalue weighted by Gasteiger charge is 2.43. The highest BCUT2D eigenvalue weighted by molar-refractivity contribution is 4.98. The summed E-state index contributed by atoms with van der Waals surface area (Å²) >= 11 is 0. The predicted octanol–water partition coefficient (Wildman–Crippen LogP) is 1.49. The Balaban J connectivity index is 1.45. The van der Waals surface area contributed by atoms with Crippen LogP contribution in [0.2, 0.25) is 0 Å². The van der Waals surface area contributed by atoms with Crippen LogP contribution >= 0.6 is 0 Å². The second-order valence-electron chi connectivity index (χ2n) is 6.37. The first-order valence-electron chi connectivity index (χ1n) is 7.26. The van der Waals surface area contributed by atoms with Crippen molar-refractivity contribution in [2.75, 3.05) is 39.9 Å². The molecule has 3 heterocycles. The number of piperidine rings is 3. The van der Waals surface area contributed by atoms with Crippen LogP contribution in [0.1, 0.15) is 32.1 Å². The highest BCUT2D eigenvalue weighted by Crippen LogP contribution is 2.48. The molecule has 0 radical (unpaired) electrons. The number of nitrogens with one attached hydrogen (secondary N) is 1. The molecule has 0 aromatic rings. The summed E-state index contributed by atoms with van der Waals surface area (Å²) in [6.45, 7) is 6.15. The fourth-order valence-electron chi connectivity index (χ4n) is 3.55. The Kier molecular flexibility index (Phi) is 3.42. The van der Waals surface area contributed by atoms with Crippen LogP contribution < -0.4 is 5.32 Å². The average Bonchev–Trinajstić information content (AvgIpc) is 3.16. The maximum Gasteiger partial charge on any atom is 0.0468 e. The van der Waals surface area contributed by atoms with Crippen molar-refractivity contribution >= 4 is 0 Å². The van der Waals surface area contributed by atoms with Gasteiger partial charge in [0.2, 0.25) is 0 Å². The van der Waals surface area contributed by atoms with Crippen LogP contribution in [0.5, 0.6) is 0 Å². The lowest BCUT2D eigenvalue weighted by Gasteiger charge is -2.45. The van der Waals surface area contributed by atoms with Gasteiger partial charge in [0.25, 0.3) is 0 Å². The maximum absolute atomic E-state index is 5.22. The van der Waals surface area contributed by atoms with E-state index in [2.05, 4.69) is 10.2 Å². The van der Waals surface area contributed by atoms with Gasteiger partial charge in [0.05, 0.1) is 0 Å². The van der Waals surface area contributed by atoms with E-state index in [9.17, 15) is 0 Å². The lowest BCUT2D eigenvalue weighted by molar-refractivity contribution is 0.0686. The van der Waals surface area contributed by atoms with E-state index < -0.39 is 0 Å². The zero-order valence-electron chi connectivity index (χ0n) is 11.1. The van der Waals surface area contributed by atoms with Crippen LogP contribution in [0.15, 0.2) is 0 Å². The van der Waals surface area contributed by atoms with Gasteiger partial charge in [-0.05, 0) is 56.5 Å². The monoisotopic (exact) mass is 238 g/mol. The van der Waals surface area contributed by atoms with Gasteiger partial charge in [-0.3, -0.25) is 0 Å². The zero-order chi connectivity index (χ0) is 11.7. The molecular weight excluding hydrogens is 212 g/mol. The van der Waals surface area contributed by atoms with Crippen molar-refractivity contribution in [3.05, 3.63) is 0 Å². The van der Waals surface area contributed by atoms with Gasteiger partial charge in [0, 0.05) is 32.8 Å². The minimum absolute atomic E-state index is 0.599. The molecule has 17 heavy (non-hydrogen) atoms. The number of methoxy groups -OCH3 is 1. The lowest BCUT2D eigenvalue weighted by atomic mass is 9.83. The number of ether oxygens (including phenoxy) is 1. The molecule has 98 valence electrons. The molecule has 1 aliphatic carbocycles. The number of fused-ring (bicyclic) bond motifs is 3. The van der Waals surface area contributed by atoms with E-state index in [0.717, 1.165) is 18.6 Å².